The Morgan fingerprint density at radius 1 is 1.20 bits per heavy atom. The number of hydrogen-bond acceptors (Lipinski definition) is 5. The van der Waals surface area contributed by atoms with Gasteiger partial charge in [-0.25, -0.2) is 0 Å². The van der Waals surface area contributed by atoms with Crippen molar-refractivity contribution in [3.63, 3.8) is 0 Å². The standard InChI is InChI=1S/C15H27NO4/c1-3-20-14(17)10-5-4-7-11-16-12-8-6-9-13(16)15(18)19-2/h13H,3-12H2,1-2H3/t13-/m1/s1. The number of ether oxygens (including phenoxy) is 2. The molecule has 0 N–H and O–H groups in total. The normalized spacial score (nSPS) is 19.6. The van der Waals surface area contributed by atoms with Gasteiger partial charge in [0.15, 0.2) is 0 Å². The summed E-state index contributed by atoms with van der Waals surface area (Å²) >= 11 is 0. The van der Waals surface area contributed by atoms with Gasteiger partial charge in [-0.1, -0.05) is 12.8 Å². The molecule has 0 aliphatic carbocycles. The first-order valence-corrected chi connectivity index (χ1v) is 7.66. The van der Waals surface area contributed by atoms with E-state index in [9.17, 15) is 9.59 Å². The molecule has 0 aromatic carbocycles. The summed E-state index contributed by atoms with van der Waals surface area (Å²) in [7, 11) is 1.45. The molecule has 5 nitrogen and oxygen atoms in total. The molecule has 5 heteroatoms. The average Bonchev–Trinajstić information content (AvgIpc) is 2.47. The number of unbranched alkanes of at least 4 members (excludes halogenated alkanes) is 2. The van der Waals surface area contributed by atoms with E-state index in [-0.39, 0.29) is 18.0 Å². The van der Waals surface area contributed by atoms with E-state index < -0.39 is 0 Å². The quantitative estimate of drug-likeness (QED) is 0.505. The van der Waals surface area contributed by atoms with Crippen molar-refractivity contribution in [1.29, 1.82) is 0 Å². The van der Waals surface area contributed by atoms with Crippen molar-refractivity contribution in [2.45, 2.75) is 57.9 Å². The Morgan fingerprint density at radius 2 is 2.00 bits per heavy atom. The van der Waals surface area contributed by atoms with Gasteiger partial charge in [-0.05, 0) is 45.7 Å². The second kappa shape index (κ2) is 9.75. The molecule has 1 atom stereocenters. The van der Waals surface area contributed by atoms with Crippen molar-refractivity contribution in [1.82, 2.24) is 4.90 Å². The highest BCUT2D eigenvalue weighted by Crippen LogP contribution is 2.19. The van der Waals surface area contributed by atoms with E-state index in [2.05, 4.69) is 4.90 Å². The van der Waals surface area contributed by atoms with Gasteiger partial charge in [0.05, 0.1) is 13.7 Å². The number of likely N-dealkylation sites (tertiary alicyclic amines) is 1. The maximum absolute atomic E-state index is 11.7. The summed E-state index contributed by atoms with van der Waals surface area (Å²) in [5.74, 6) is -0.228. The third-order valence-electron chi connectivity index (χ3n) is 3.72. The molecule has 0 aromatic heterocycles. The molecule has 0 bridgehead atoms. The maximum atomic E-state index is 11.7. The van der Waals surface area contributed by atoms with Crippen LogP contribution < -0.4 is 0 Å². The van der Waals surface area contributed by atoms with Crippen LogP contribution in [-0.4, -0.2) is 49.7 Å². The Morgan fingerprint density at radius 3 is 2.70 bits per heavy atom. The molecule has 0 saturated carbocycles. The zero-order chi connectivity index (χ0) is 14.8. The molecule has 0 aromatic rings. The van der Waals surface area contributed by atoms with Crippen LogP contribution in [-0.2, 0) is 19.1 Å². The van der Waals surface area contributed by atoms with Gasteiger partial charge in [-0.15, -0.1) is 0 Å². The fourth-order valence-electron chi connectivity index (χ4n) is 2.66. The lowest BCUT2D eigenvalue weighted by Crippen LogP contribution is -2.45. The molecule has 1 saturated heterocycles. The molecule has 1 rings (SSSR count). The van der Waals surface area contributed by atoms with Crippen molar-refractivity contribution in [2.24, 2.45) is 0 Å². The highest BCUT2D eigenvalue weighted by atomic mass is 16.5. The number of methoxy groups -OCH3 is 1. The van der Waals surface area contributed by atoms with Gasteiger partial charge in [0.1, 0.15) is 6.04 Å². The van der Waals surface area contributed by atoms with Crippen molar-refractivity contribution >= 4 is 11.9 Å². The second-order valence-electron chi connectivity index (χ2n) is 5.19. The number of carbonyl (C=O) groups excluding carboxylic acids is 2. The second-order valence-corrected chi connectivity index (χ2v) is 5.19. The molecule has 20 heavy (non-hydrogen) atoms. The van der Waals surface area contributed by atoms with Gasteiger partial charge in [-0.3, -0.25) is 14.5 Å². The van der Waals surface area contributed by atoms with Gasteiger partial charge < -0.3 is 9.47 Å². The zero-order valence-electron chi connectivity index (χ0n) is 12.7. The van der Waals surface area contributed by atoms with Crippen molar-refractivity contribution in [3.05, 3.63) is 0 Å². The highest BCUT2D eigenvalue weighted by Gasteiger charge is 2.28. The number of esters is 2. The maximum Gasteiger partial charge on any atom is 0.323 e. The van der Waals surface area contributed by atoms with Crippen LogP contribution in [0.25, 0.3) is 0 Å². The number of carbonyl (C=O) groups is 2. The summed E-state index contributed by atoms with van der Waals surface area (Å²) in [6.45, 7) is 4.15. The Bertz CT molecular complexity index is 306. The minimum absolute atomic E-state index is 0.0705. The molecule has 116 valence electrons. The van der Waals surface area contributed by atoms with Crippen molar-refractivity contribution in [3.8, 4) is 0 Å². The predicted octanol–water partition coefficient (Wildman–Crippen LogP) is 2.14. The van der Waals surface area contributed by atoms with Crippen LogP contribution >= 0.6 is 0 Å². The Kier molecular flexibility index (Phi) is 8.26. The van der Waals surface area contributed by atoms with Crippen LogP contribution in [0.15, 0.2) is 0 Å². The fraction of sp³-hybridized carbons (Fsp3) is 0.867. The number of rotatable bonds is 8. The largest absolute Gasteiger partial charge is 0.468 e. The average molecular weight is 285 g/mol. The van der Waals surface area contributed by atoms with Crippen LogP contribution in [0.4, 0.5) is 0 Å². The van der Waals surface area contributed by atoms with Crippen molar-refractivity contribution < 1.29 is 19.1 Å². The van der Waals surface area contributed by atoms with Gasteiger partial charge in [0, 0.05) is 6.42 Å². The first kappa shape index (κ1) is 17.0. The molecular formula is C15H27NO4. The SMILES string of the molecule is CCOC(=O)CCCCCN1CCCC[C@@H]1C(=O)OC. The van der Waals surface area contributed by atoms with Gasteiger partial charge >= 0.3 is 11.9 Å². The molecule has 0 radical (unpaired) electrons. The highest BCUT2D eigenvalue weighted by molar-refractivity contribution is 5.75. The van der Waals surface area contributed by atoms with Crippen LogP contribution in [0.2, 0.25) is 0 Å². The molecule has 0 unspecified atom stereocenters. The van der Waals surface area contributed by atoms with E-state index in [0.717, 1.165) is 51.6 Å². The Balaban J connectivity index is 2.19. The Hall–Kier alpha value is -1.10. The first-order chi connectivity index (χ1) is 9.69. The molecule has 0 amide bonds. The molecule has 0 spiro atoms. The van der Waals surface area contributed by atoms with Gasteiger partial charge in [0.2, 0.25) is 0 Å². The monoisotopic (exact) mass is 285 g/mol. The molecular weight excluding hydrogens is 258 g/mol. The smallest absolute Gasteiger partial charge is 0.323 e. The molecule has 1 heterocycles. The molecule has 1 fully saturated rings. The van der Waals surface area contributed by atoms with Crippen LogP contribution in [0.1, 0.15) is 51.9 Å². The topological polar surface area (TPSA) is 55.8 Å². The number of nitrogens with zero attached hydrogens (tertiary/aromatic N) is 1. The Labute approximate surface area is 121 Å². The molecule has 1 aliphatic heterocycles. The van der Waals surface area contributed by atoms with Gasteiger partial charge in [0.25, 0.3) is 0 Å². The van der Waals surface area contributed by atoms with Crippen LogP contribution in [0, 0.1) is 0 Å². The van der Waals surface area contributed by atoms with E-state index in [1.807, 2.05) is 6.92 Å². The van der Waals surface area contributed by atoms with E-state index >= 15 is 0 Å². The zero-order valence-corrected chi connectivity index (χ0v) is 12.7. The van der Waals surface area contributed by atoms with E-state index in [1.165, 1.54) is 7.11 Å². The third-order valence-corrected chi connectivity index (χ3v) is 3.72. The number of hydrogen-bond donors (Lipinski definition) is 0. The van der Waals surface area contributed by atoms with E-state index in [1.54, 1.807) is 0 Å². The minimum Gasteiger partial charge on any atom is -0.468 e. The summed E-state index contributed by atoms with van der Waals surface area (Å²) in [6.07, 6.45) is 6.49. The minimum atomic E-state index is -0.115. The summed E-state index contributed by atoms with van der Waals surface area (Å²) in [5.41, 5.74) is 0. The first-order valence-electron chi connectivity index (χ1n) is 7.66. The van der Waals surface area contributed by atoms with E-state index in [0.29, 0.717) is 13.0 Å². The third kappa shape index (κ3) is 5.90. The summed E-state index contributed by atoms with van der Waals surface area (Å²) in [5, 5.41) is 0. The van der Waals surface area contributed by atoms with Crippen LogP contribution in [0.3, 0.4) is 0 Å². The van der Waals surface area contributed by atoms with E-state index in [4.69, 9.17) is 9.47 Å². The lowest BCUT2D eigenvalue weighted by Gasteiger charge is -2.33. The van der Waals surface area contributed by atoms with Crippen LogP contribution in [0.5, 0.6) is 0 Å². The molecule has 1 aliphatic rings. The van der Waals surface area contributed by atoms with Gasteiger partial charge in [-0.2, -0.15) is 0 Å². The van der Waals surface area contributed by atoms with Crippen molar-refractivity contribution in [2.75, 3.05) is 26.8 Å². The number of piperidine rings is 1. The lowest BCUT2D eigenvalue weighted by molar-refractivity contribution is -0.148. The summed E-state index contributed by atoms with van der Waals surface area (Å²) in [6, 6.07) is -0.0705. The predicted molar refractivity (Wildman–Crippen MR) is 76.3 cm³/mol. The lowest BCUT2D eigenvalue weighted by atomic mass is 10.0. The summed E-state index contributed by atoms with van der Waals surface area (Å²) in [4.78, 5) is 25.1. The summed E-state index contributed by atoms with van der Waals surface area (Å²) < 4.78 is 9.75. The fourth-order valence-corrected chi connectivity index (χ4v) is 2.66.